The number of rotatable bonds is 5. The Morgan fingerprint density at radius 2 is 2.24 bits per heavy atom. The summed E-state index contributed by atoms with van der Waals surface area (Å²) in [6.07, 6.45) is 2.99. The summed E-state index contributed by atoms with van der Waals surface area (Å²) >= 11 is 2.92. The van der Waals surface area contributed by atoms with Crippen molar-refractivity contribution in [2.24, 2.45) is 5.92 Å². The fraction of sp³-hybridized carbons (Fsp3) is 0.611. The van der Waals surface area contributed by atoms with Crippen LogP contribution in [0.3, 0.4) is 0 Å². The second-order valence-electron chi connectivity index (χ2n) is 6.80. The quantitative estimate of drug-likeness (QED) is 0.450. The minimum Gasteiger partial charge on any atom is -0.462 e. The van der Waals surface area contributed by atoms with Gasteiger partial charge in [0.2, 0.25) is 0 Å². The van der Waals surface area contributed by atoms with Crippen molar-refractivity contribution in [1.82, 2.24) is 9.55 Å². The Morgan fingerprint density at radius 1 is 1.48 bits per heavy atom. The number of ether oxygens (including phenoxy) is 1. The number of carbonyl (C=O) groups excluding carboxylic acids is 1. The molecule has 1 atom stereocenters. The highest BCUT2D eigenvalue weighted by Gasteiger charge is 2.24. The highest BCUT2D eigenvalue weighted by molar-refractivity contribution is 7.99. The molecule has 25 heavy (non-hydrogen) atoms. The van der Waals surface area contributed by atoms with Crippen LogP contribution >= 0.6 is 23.1 Å². The fourth-order valence-electron chi connectivity index (χ4n) is 3.21. The van der Waals surface area contributed by atoms with E-state index in [9.17, 15) is 9.59 Å². The largest absolute Gasteiger partial charge is 0.462 e. The van der Waals surface area contributed by atoms with E-state index in [4.69, 9.17) is 9.72 Å². The molecule has 7 heteroatoms. The Labute approximate surface area is 155 Å². The lowest BCUT2D eigenvalue weighted by Crippen LogP contribution is -2.24. The average Bonchev–Trinajstić information content (AvgIpc) is 2.89. The third kappa shape index (κ3) is 3.77. The third-order valence-corrected chi connectivity index (χ3v) is 6.48. The summed E-state index contributed by atoms with van der Waals surface area (Å²) in [4.78, 5) is 31.7. The molecule has 0 radical (unpaired) electrons. The van der Waals surface area contributed by atoms with Crippen LogP contribution < -0.4 is 5.56 Å². The molecule has 2 aromatic rings. The molecule has 0 N–H and O–H groups in total. The van der Waals surface area contributed by atoms with Crippen molar-refractivity contribution in [3.63, 3.8) is 0 Å². The van der Waals surface area contributed by atoms with Gasteiger partial charge in [-0.05, 0) is 51.5 Å². The first-order valence-corrected chi connectivity index (χ1v) is 10.6. The van der Waals surface area contributed by atoms with Crippen molar-refractivity contribution < 1.29 is 9.53 Å². The van der Waals surface area contributed by atoms with Gasteiger partial charge in [-0.1, -0.05) is 18.7 Å². The van der Waals surface area contributed by atoms with Crippen molar-refractivity contribution in [3.8, 4) is 0 Å². The molecule has 136 valence electrons. The Bertz CT molecular complexity index is 854. The molecule has 0 fully saturated rings. The molecule has 3 rings (SSSR count). The number of fused-ring (bicyclic) bond motifs is 3. The van der Waals surface area contributed by atoms with Crippen LogP contribution in [-0.2, 0) is 28.9 Å². The number of esters is 1. The smallest absolute Gasteiger partial charge is 0.316 e. The van der Waals surface area contributed by atoms with Crippen molar-refractivity contribution >= 4 is 39.3 Å². The second-order valence-corrected chi connectivity index (χ2v) is 8.83. The van der Waals surface area contributed by atoms with Gasteiger partial charge >= 0.3 is 5.97 Å². The Morgan fingerprint density at radius 3 is 2.92 bits per heavy atom. The van der Waals surface area contributed by atoms with E-state index >= 15 is 0 Å². The van der Waals surface area contributed by atoms with Crippen LogP contribution in [-0.4, -0.2) is 27.4 Å². The molecule has 0 saturated heterocycles. The lowest BCUT2D eigenvalue weighted by molar-refractivity contribution is -0.144. The van der Waals surface area contributed by atoms with Crippen LogP contribution in [0.25, 0.3) is 10.2 Å². The predicted octanol–water partition coefficient (Wildman–Crippen LogP) is 3.65. The zero-order valence-electron chi connectivity index (χ0n) is 15.1. The minimum atomic E-state index is -0.281. The molecule has 0 bridgehead atoms. The van der Waals surface area contributed by atoms with Gasteiger partial charge in [0.1, 0.15) is 4.83 Å². The van der Waals surface area contributed by atoms with Gasteiger partial charge in [0, 0.05) is 11.4 Å². The van der Waals surface area contributed by atoms with E-state index in [0.717, 1.165) is 29.5 Å². The van der Waals surface area contributed by atoms with E-state index in [0.29, 0.717) is 17.6 Å². The molecule has 1 aliphatic carbocycles. The molecule has 0 saturated carbocycles. The van der Waals surface area contributed by atoms with Gasteiger partial charge in [0.15, 0.2) is 5.16 Å². The number of aromatic nitrogens is 2. The van der Waals surface area contributed by atoms with Gasteiger partial charge in [0.25, 0.3) is 5.56 Å². The molecule has 0 amide bonds. The van der Waals surface area contributed by atoms with Crippen molar-refractivity contribution in [2.75, 3.05) is 5.75 Å². The predicted molar refractivity (Wildman–Crippen MR) is 103 cm³/mol. The monoisotopic (exact) mass is 380 g/mol. The molecule has 5 nitrogen and oxygen atoms in total. The number of hydrogen-bond acceptors (Lipinski definition) is 6. The summed E-state index contributed by atoms with van der Waals surface area (Å²) in [5.74, 6) is 0.544. The summed E-state index contributed by atoms with van der Waals surface area (Å²) in [6.45, 7) is 8.39. The first-order chi connectivity index (χ1) is 11.9. The van der Waals surface area contributed by atoms with E-state index in [1.54, 1.807) is 15.9 Å². The van der Waals surface area contributed by atoms with Crippen LogP contribution in [0.4, 0.5) is 0 Å². The molecule has 0 aliphatic heterocycles. The van der Waals surface area contributed by atoms with Crippen LogP contribution in [0, 0.1) is 5.92 Å². The van der Waals surface area contributed by atoms with Gasteiger partial charge in [-0.2, -0.15) is 0 Å². The lowest BCUT2D eigenvalue weighted by atomic mass is 9.89. The number of thioether (sulfide) groups is 1. The normalized spacial score (nSPS) is 17.1. The zero-order chi connectivity index (χ0) is 18.1. The Kier molecular flexibility index (Phi) is 5.53. The Hall–Kier alpha value is -1.34. The van der Waals surface area contributed by atoms with Gasteiger partial charge in [-0.15, -0.1) is 11.3 Å². The number of hydrogen-bond donors (Lipinski definition) is 0. The van der Waals surface area contributed by atoms with Crippen molar-refractivity contribution in [3.05, 3.63) is 20.8 Å². The lowest BCUT2D eigenvalue weighted by Gasteiger charge is -2.17. The Balaban J connectivity index is 1.97. The summed E-state index contributed by atoms with van der Waals surface area (Å²) in [6, 6.07) is 0. The fourth-order valence-corrected chi connectivity index (χ4v) is 5.48. The number of aryl methyl sites for hydroxylation is 1. The summed E-state index contributed by atoms with van der Waals surface area (Å²) in [5, 5.41) is 1.40. The van der Waals surface area contributed by atoms with E-state index in [2.05, 4.69) is 6.92 Å². The number of nitrogens with zero attached hydrogens (tertiary/aromatic N) is 2. The van der Waals surface area contributed by atoms with E-state index < -0.39 is 0 Å². The van der Waals surface area contributed by atoms with Crippen molar-refractivity contribution in [2.45, 2.75) is 64.8 Å². The van der Waals surface area contributed by atoms with Crippen LogP contribution in [0.15, 0.2) is 9.95 Å². The molecule has 0 spiro atoms. The van der Waals surface area contributed by atoms with Gasteiger partial charge < -0.3 is 4.74 Å². The minimum absolute atomic E-state index is 0.0271. The van der Waals surface area contributed by atoms with Crippen molar-refractivity contribution in [1.29, 1.82) is 0 Å². The van der Waals surface area contributed by atoms with Crippen LogP contribution in [0.2, 0.25) is 0 Å². The van der Waals surface area contributed by atoms with Gasteiger partial charge in [-0.3, -0.25) is 14.2 Å². The molecule has 2 heterocycles. The maximum absolute atomic E-state index is 13.0. The van der Waals surface area contributed by atoms with Gasteiger partial charge in [-0.25, -0.2) is 4.98 Å². The molecular formula is C18H24N2O3S2. The molecule has 1 aliphatic rings. The van der Waals surface area contributed by atoms with E-state index in [1.165, 1.54) is 22.2 Å². The van der Waals surface area contributed by atoms with Crippen LogP contribution in [0.5, 0.6) is 0 Å². The second kappa shape index (κ2) is 7.50. The maximum Gasteiger partial charge on any atom is 0.316 e. The first kappa shape index (κ1) is 18.5. The standard InChI is InChI=1S/C18H24N2O3S2/c1-5-20-17(22)15-12-7-6-11(4)8-13(12)25-16(15)19-18(20)24-9-14(21)23-10(2)3/h10-11H,5-9H2,1-4H3/t11-/m1/s1. The van der Waals surface area contributed by atoms with Crippen LogP contribution in [0.1, 0.15) is 44.6 Å². The number of carbonyl (C=O) groups is 1. The zero-order valence-corrected chi connectivity index (χ0v) is 16.8. The highest BCUT2D eigenvalue weighted by atomic mass is 32.2. The molecule has 0 aromatic carbocycles. The summed E-state index contributed by atoms with van der Waals surface area (Å²) in [5.41, 5.74) is 1.23. The third-order valence-electron chi connectivity index (χ3n) is 4.38. The van der Waals surface area contributed by atoms with E-state index in [-0.39, 0.29) is 23.4 Å². The summed E-state index contributed by atoms with van der Waals surface area (Å²) in [7, 11) is 0. The molecule has 2 aromatic heterocycles. The maximum atomic E-state index is 13.0. The average molecular weight is 381 g/mol. The van der Waals surface area contributed by atoms with Gasteiger partial charge in [0.05, 0.1) is 17.2 Å². The molecular weight excluding hydrogens is 356 g/mol. The first-order valence-electron chi connectivity index (χ1n) is 8.78. The SMILES string of the molecule is CCn1c(SCC(=O)OC(C)C)nc2sc3c(c2c1=O)CC[C@@H](C)C3. The summed E-state index contributed by atoms with van der Waals surface area (Å²) < 4.78 is 6.85. The highest BCUT2D eigenvalue weighted by Crippen LogP contribution is 2.36. The topological polar surface area (TPSA) is 61.2 Å². The van der Waals surface area contributed by atoms with E-state index in [1.807, 2.05) is 20.8 Å². The number of thiophene rings is 1. The molecule has 0 unspecified atom stereocenters.